The summed E-state index contributed by atoms with van der Waals surface area (Å²) in [6, 6.07) is 12.5. The van der Waals surface area contributed by atoms with Crippen LogP contribution in [0.15, 0.2) is 48.7 Å². The molecule has 2 aliphatic heterocycles. The van der Waals surface area contributed by atoms with Gasteiger partial charge in [-0.2, -0.15) is 0 Å². The molecule has 196 valence electrons. The summed E-state index contributed by atoms with van der Waals surface area (Å²) in [6.07, 6.45) is 4.97. The van der Waals surface area contributed by atoms with Gasteiger partial charge in [0.2, 0.25) is 0 Å². The van der Waals surface area contributed by atoms with Crippen LogP contribution in [0.5, 0.6) is 0 Å². The van der Waals surface area contributed by atoms with Crippen LogP contribution < -0.4 is 10.6 Å². The molecule has 8 nitrogen and oxygen atoms in total. The molecule has 0 bridgehead atoms. The van der Waals surface area contributed by atoms with Crippen LogP contribution in [0.3, 0.4) is 0 Å². The average molecular weight is 530 g/mol. The Morgan fingerprint density at radius 2 is 1.97 bits per heavy atom. The number of methoxy groups -OCH3 is 2. The molecule has 38 heavy (non-hydrogen) atoms. The minimum Gasteiger partial charge on any atom is -0.381 e. The van der Waals surface area contributed by atoms with Gasteiger partial charge in [0.25, 0.3) is 5.91 Å². The fourth-order valence-corrected chi connectivity index (χ4v) is 6.30. The molecule has 0 fully saturated rings. The topological polar surface area (TPSA) is 88.6 Å². The van der Waals surface area contributed by atoms with E-state index < -0.39 is 0 Å². The normalized spacial score (nSPS) is 18.3. The number of ether oxygens (including phenoxy) is 2. The molecule has 1 amide bonds. The van der Waals surface area contributed by atoms with E-state index in [2.05, 4.69) is 39.8 Å². The number of nitrogens with one attached hydrogen (secondary N) is 2. The molecule has 0 saturated carbocycles. The van der Waals surface area contributed by atoms with Crippen molar-refractivity contribution in [1.82, 2.24) is 20.2 Å². The van der Waals surface area contributed by atoms with Crippen molar-refractivity contribution >= 4 is 49.5 Å². The molecular weight excluding hydrogens is 498 g/mol. The molecule has 1 atom stereocenters. The summed E-state index contributed by atoms with van der Waals surface area (Å²) in [5.41, 5.74) is 5.93. The van der Waals surface area contributed by atoms with Gasteiger partial charge in [0.05, 0.1) is 22.6 Å². The highest BCUT2D eigenvalue weighted by atomic mass is 32.1. The predicted octanol–water partition coefficient (Wildman–Crippen LogP) is 4.76. The molecule has 0 radical (unpaired) electrons. The van der Waals surface area contributed by atoms with Crippen LogP contribution >= 0.6 is 11.3 Å². The van der Waals surface area contributed by atoms with Crippen LogP contribution in [-0.2, 0) is 9.47 Å². The van der Waals surface area contributed by atoms with Crippen LogP contribution in [0, 0.1) is 0 Å². The number of hydrogen-bond donors (Lipinski definition) is 2. The lowest BCUT2D eigenvalue weighted by Crippen LogP contribution is -2.37. The largest absolute Gasteiger partial charge is 0.381 e. The lowest BCUT2D eigenvalue weighted by molar-refractivity contribution is -0.115. The monoisotopic (exact) mass is 529 g/mol. The minimum absolute atomic E-state index is 0.0179. The molecule has 0 spiro atoms. The first-order valence-corrected chi connectivity index (χ1v) is 13.7. The van der Waals surface area contributed by atoms with Crippen LogP contribution in [0.2, 0.25) is 0 Å². The Kier molecular flexibility index (Phi) is 6.84. The third-order valence-electron chi connectivity index (χ3n) is 7.31. The summed E-state index contributed by atoms with van der Waals surface area (Å²) in [4.78, 5) is 25.5. The van der Waals surface area contributed by atoms with Crippen molar-refractivity contribution in [1.29, 1.82) is 0 Å². The molecule has 4 aromatic rings. The fourth-order valence-electron chi connectivity index (χ4n) is 5.20. The van der Waals surface area contributed by atoms with Crippen molar-refractivity contribution in [3.05, 3.63) is 59.1 Å². The number of pyridine rings is 2. The number of amides is 1. The van der Waals surface area contributed by atoms with Crippen LogP contribution in [-0.4, -0.2) is 73.5 Å². The maximum atomic E-state index is 12.7. The molecule has 0 unspecified atom stereocenters. The third-order valence-corrected chi connectivity index (χ3v) is 8.47. The lowest BCUT2D eigenvalue weighted by atomic mass is 10.0. The van der Waals surface area contributed by atoms with E-state index in [4.69, 9.17) is 19.4 Å². The molecule has 6 rings (SSSR count). The highest BCUT2D eigenvalue weighted by molar-refractivity contribution is 7.21. The Morgan fingerprint density at radius 3 is 2.71 bits per heavy atom. The molecule has 9 heteroatoms. The second kappa shape index (κ2) is 10.4. The molecule has 1 aromatic carbocycles. The zero-order valence-corrected chi connectivity index (χ0v) is 22.6. The van der Waals surface area contributed by atoms with Crippen molar-refractivity contribution in [3.63, 3.8) is 0 Å². The molecule has 0 aliphatic carbocycles. The van der Waals surface area contributed by atoms with Gasteiger partial charge >= 0.3 is 0 Å². The highest BCUT2D eigenvalue weighted by Gasteiger charge is 2.25. The summed E-state index contributed by atoms with van der Waals surface area (Å²) in [5.74, 6) is -0.0179. The van der Waals surface area contributed by atoms with E-state index in [1.165, 1.54) is 16.9 Å². The lowest BCUT2D eigenvalue weighted by Gasteiger charge is -2.28. The smallest absolute Gasteiger partial charge is 0.263 e. The highest BCUT2D eigenvalue weighted by Crippen LogP contribution is 2.41. The minimum atomic E-state index is -0.203. The van der Waals surface area contributed by atoms with E-state index >= 15 is 0 Å². The van der Waals surface area contributed by atoms with E-state index in [0.717, 1.165) is 74.6 Å². The molecule has 3 aromatic heterocycles. The SMILES string of the molecule is COC(CN1CC=C(c2ccc(-c3ccc4c(ccc5sc6c(c54)NC[C@@H](C)NC6=O)n3)nc2)CC1)OC. The van der Waals surface area contributed by atoms with Gasteiger partial charge in [-0.05, 0) is 54.8 Å². The molecule has 0 saturated heterocycles. The first-order valence-electron chi connectivity index (χ1n) is 12.9. The van der Waals surface area contributed by atoms with E-state index in [9.17, 15) is 4.79 Å². The van der Waals surface area contributed by atoms with Crippen molar-refractivity contribution in [2.75, 3.05) is 45.7 Å². The standard InChI is InChI=1S/C29H31N5O3S/c1-17-14-31-27-26-20-5-7-23(33-21(20)8-9-24(26)38-28(27)29(35)32-17)22-6-4-19(15-30-22)18-10-12-34(13-11-18)16-25(36-2)37-3/h4-10,15,17,25,31H,11-14,16H2,1-3H3,(H,32,35)/t17-/m1/s1. The average Bonchev–Trinajstić information content (AvgIpc) is 3.27. The van der Waals surface area contributed by atoms with Crippen molar-refractivity contribution in [3.8, 4) is 11.4 Å². The Bertz CT molecular complexity index is 1530. The maximum absolute atomic E-state index is 12.7. The number of fused-ring (bicyclic) bond motifs is 5. The van der Waals surface area contributed by atoms with Gasteiger partial charge in [-0.25, -0.2) is 4.98 Å². The zero-order chi connectivity index (χ0) is 26.2. The third kappa shape index (κ3) is 4.67. The van der Waals surface area contributed by atoms with Crippen LogP contribution in [0.1, 0.15) is 28.6 Å². The van der Waals surface area contributed by atoms with Gasteiger partial charge in [0.1, 0.15) is 4.88 Å². The van der Waals surface area contributed by atoms with Crippen molar-refractivity contribution in [2.45, 2.75) is 25.7 Å². The number of anilines is 1. The van der Waals surface area contributed by atoms with Crippen molar-refractivity contribution in [2.24, 2.45) is 0 Å². The van der Waals surface area contributed by atoms with Crippen LogP contribution in [0.25, 0.3) is 38.0 Å². The number of aromatic nitrogens is 2. The second-order valence-corrected chi connectivity index (χ2v) is 10.9. The second-order valence-electron chi connectivity index (χ2n) is 9.84. The van der Waals surface area contributed by atoms with E-state index in [0.29, 0.717) is 6.54 Å². The summed E-state index contributed by atoms with van der Waals surface area (Å²) < 4.78 is 11.7. The fraction of sp³-hybridized carbons (Fsp3) is 0.345. The van der Waals surface area contributed by atoms with E-state index in [1.54, 1.807) is 14.2 Å². The molecular formula is C29H31N5O3S. The summed E-state index contributed by atoms with van der Waals surface area (Å²) in [6.45, 7) is 5.28. The van der Waals surface area contributed by atoms with Gasteiger partial charge in [-0.15, -0.1) is 11.3 Å². The number of nitrogens with zero attached hydrogens (tertiary/aromatic N) is 3. The summed E-state index contributed by atoms with van der Waals surface area (Å²) in [7, 11) is 3.34. The van der Waals surface area contributed by atoms with Crippen LogP contribution in [0.4, 0.5) is 5.69 Å². The molecule has 5 heterocycles. The molecule has 2 aliphatic rings. The number of thiophene rings is 1. The quantitative estimate of drug-likeness (QED) is 0.348. The Labute approximate surface area is 225 Å². The zero-order valence-electron chi connectivity index (χ0n) is 21.8. The number of hydrogen-bond acceptors (Lipinski definition) is 8. The van der Waals surface area contributed by atoms with Gasteiger partial charge in [0.15, 0.2) is 6.29 Å². The van der Waals surface area contributed by atoms with Gasteiger partial charge < -0.3 is 20.1 Å². The summed E-state index contributed by atoms with van der Waals surface area (Å²) in [5, 5.41) is 8.64. The summed E-state index contributed by atoms with van der Waals surface area (Å²) >= 11 is 1.52. The number of carbonyl (C=O) groups excluding carboxylic acids is 1. The number of benzene rings is 1. The Balaban J connectivity index is 1.25. The first kappa shape index (κ1) is 24.9. The number of rotatable bonds is 6. The Hall–Kier alpha value is -3.37. The number of carbonyl (C=O) groups is 1. The predicted molar refractivity (Wildman–Crippen MR) is 153 cm³/mol. The van der Waals surface area contributed by atoms with E-state index in [-0.39, 0.29) is 18.2 Å². The van der Waals surface area contributed by atoms with Crippen molar-refractivity contribution < 1.29 is 14.3 Å². The molecule has 2 N–H and O–H groups in total. The maximum Gasteiger partial charge on any atom is 0.263 e. The van der Waals surface area contributed by atoms with Gasteiger partial charge in [0, 0.05) is 68.1 Å². The Morgan fingerprint density at radius 1 is 1.13 bits per heavy atom. The van der Waals surface area contributed by atoms with E-state index in [1.807, 2.05) is 31.3 Å². The van der Waals surface area contributed by atoms with Gasteiger partial charge in [-0.3, -0.25) is 14.7 Å². The first-order chi connectivity index (χ1) is 18.5. The van der Waals surface area contributed by atoms with Gasteiger partial charge in [-0.1, -0.05) is 12.1 Å².